The van der Waals surface area contributed by atoms with Crippen LogP contribution in [0.2, 0.25) is 0 Å². The lowest BCUT2D eigenvalue weighted by Crippen LogP contribution is -2.22. The highest BCUT2D eigenvalue weighted by atomic mass is 19.1. The van der Waals surface area contributed by atoms with Crippen LogP contribution < -0.4 is 10.6 Å². The molecule has 0 atom stereocenters. The Morgan fingerprint density at radius 2 is 2.12 bits per heavy atom. The van der Waals surface area contributed by atoms with Gasteiger partial charge in [0.1, 0.15) is 11.6 Å². The van der Waals surface area contributed by atoms with Gasteiger partial charge in [-0.25, -0.2) is 9.18 Å². The molecule has 3 rings (SSSR count). The van der Waals surface area contributed by atoms with Gasteiger partial charge >= 0.3 is 6.03 Å². The van der Waals surface area contributed by atoms with E-state index in [1.54, 1.807) is 23.9 Å². The van der Waals surface area contributed by atoms with Crippen molar-refractivity contribution in [3.63, 3.8) is 0 Å². The molecule has 1 aliphatic rings. The number of benzene rings is 1. The van der Waals surface area contributed by atoms with E-state index in [1.165, 1.54) is 24.1 Å². The lowest BCUT2D eigenvalue weighted by atomic mass is 9.93. The zero-order valence-corrected chi connectivity index (χ0v) is 13.9. The van der Waals surface area contributed by atoms with Gasteiger partial charge in [-0.15, -0.1) is 0 Å². The number of hydrogen-bond donors (Lipinski definition) is 2. The van der Waals surface area contributed by atoms with Crippen LogP contribution in [0.3, 0.4) is 0 Å². The van der Waals surface area contributed by atoms with Gasteiger partial charge < -0.3 is 5.32 Å². The monoisotopic (exact) mass is 328 g/mol. The van der Waals surface area contributed by atoms with Gasteiger partial charge in [-0.2, -0.15) is 5.10 Å². The molecule has 1 heterocycles. The van der Waals surface area contributed by atoms with E-state index in [4.69, 9.17) is 0 Å². The summed E-state index contributed by atoms with van der Waals surface area (Å²) in [5, 5.41) is 9.93. The summed E-state index contributed by atoms with van der Waals surface area (Å²) in [4.78, 5) is 12.3. The predicted molar refractivity (Wildman–Crippen MR) is 93.4 cm³/mol. The average Bonchev–Trinajstić information content (AvgIpc) is 2.82. The lowest BCUT2D eigenvalue weighted by molar-refractivity contribution is 0.262. The Morgan fingerprint density at radius 3 is 2.83 bits per heavy atom. The molecule has 6 heteroatoms. The number of allylic oxidation sites excluding steroid dienone is 2. The summed E-state index contributed by atoms with van der Waals surface area (Å²) in [7, 11) is 1.80. The lowest BCUT2D eigenvalue weighted by Gasteiger charge is -2.15. The van der Waals surface area contributed by atoms with Crippen LogP contribution in [-0.4, -0.2) is 15.8 Å². The van der Waals surface area contributed by atoms with Crippen molar-refractivity contribution < 1.29 is 9.18 Å². The molecule has 1 aromatic heterocycles. The summed E-state index contributed by atoms with van der Waals surface area (Å²) < 4.78 is 14.9. The third-order valence-corrected chi connectivity index (χ3v) is 4.15. The van der Waals surface area contributed by atoms with Crippen molar-refractivity contribution in [2.24, 2.45) is 7.05 Å². The highest BCUT2D eigenvalue weighted by molar-refractivity contribution is 6.01. The molecule has 126 valence electrons. The largest absolute Gasteiger partial charge is 0.324 e. The van der Waals surface area contributed by atoms with E-state index < -0.39 is 11.8 Å². The van der Waals surface area contributed by atoms with E-state index in [-0.39, 0.29) is 0 Å². The Balaban J connectivity index is 1.82. The minimum Gasteiger partial charge on any atom is -0.308 e. The Hall–Kier alpha value is -2.63. The van der Waals surface area contributed by atoms with E-state index >= 15 is 0 Å². The van der Waals surface area contributed by atoms with Crippen LogP contribution in [0.5, 0.6) is 0 Å². The van der Waals surface area contributed by atoms with Crippen molar-refractivity contribution >= 4 is 23.1 Å². The van der Waals surface area contributed by atoms with Crippen LogP contribution in [0.1, 0.15) is 36.9 Å². The molecule has 0 saturated heterocycles. The number of aromatic nitrogens is 2. The summed E-state index contributed by atoms with van der Waals surface area (Å²) >= 11 is 0. The topological polar surface area (TPSA) is 59.0 Å². The van der Waals surface area contributed by atoms with Crippen LogP contribution in [0.15, 0.2) is 30.3 Å². The minimum atomic E-state index is -0.416. The quantitative estimate of drug-likeness (QED) is 0.873. The summed E-state index contributed by atoms with van der Waals surface area (Å²) in [6.45, 7) is 1.94. The number of amides is 2. The van der Waals surface area contributed by atoms with Crippen LogP contribution in [-0.2, 0) is 7.05 Å². The number of urea groups is 1. The van der Waals surface area contributed by atoms with Crippen LogP contribution in [0.4, 0.5) is 20.7 Å². The van der Waals surface area contributed by atoms with E-state index in [2.05, 4.69) is 21.8 Å². The van der Waals surface area contributed by atoms with Crippen LogP contribution in [0, 0.1) is 12.7 Å². The average molecular weight is 328 g/mol. The SMILES string of the molecule is Cc1nn(C)c(NC(=O)Nc2cccc(F)c2)c1C1=CCCCC1. The Morgan fingerprint density at radius 1 is 1.29 bits per heavy atom. The second-order valence-electron chi connectivity index (χ2n) is 6.00. The van der Waals surface area contributed by atoms with Crippen molar-refractivity contribution in [3.05, 3.63) is 47.4 Å². The molecule has 24 heavy (non-hydrogen) atoms. The first-order valence-electron chi connectivity index (χ1n) is 8.11. The summed E-state index contributed by atoms with van der Waals surface area (Å²) in [5.74, 6) is 0.270. The molecule has 0 aliphatic heterocycles. The maximum absolute atomic E-state index is 13.2. The Labute approximate surface area is 140 Å². The molecule has 2 aromatic rings. The van der Waals surface area contributed by atoms with Crippen molar-refractivity contribution in [2.45, 2.75) is 32.6 Å². The molecule has 1 aliphatic carbocycles. The molecule has 0 radical (unpaired) electrons. The third kappa shape index (κ3) is 3.48. The third-order valence-electron chi connectivity index (χ3n) is 4.15. The number of hydrogen-bond acceptors (Lipinski definition) is 2. The van der Waals surface area contributed by atoms with Gasteiger partial charge in [0, 0.05) is 18.3 Å². The summed E-state index contributed by atoms with van der Waals surface area (Å²) in [5.41, 5.74) is 3.52. The highest BCUT2D eigenvalue weighted by Crippen LogP contribution is 2.33. The first-order valence-corrected chi connectivity index (χ1v) is 8.11. The molecule has 2 amide bonds. The van der Waals surface area contributed by atoms with Gasteiger partial charge in [0.2, 0.25) is 0 Å². The number of nitrogens with one attached hydrogen (secondary N) is 2. The standard InChI is InChI=1S/C18H21FN4O/c1-12-16(13-7-4-3-5-8-13)17(23(2)22-12)21-18(24)20-15-10-6-9-14(19)11-15/h6-7,9-11H,3-5,8H2,1-2H3,(H2,20,21,24). The second-order valence-corrected chi connectivity index (χ2v) is 6.00. The molecule has 0 fully saturated rings. The van der Waals surface area contributed by atoms with Crippen LogP contribution >= 0.6 is 0 Å². The number of nitrogens with zero attached hydrogens (tertiary/aromatic N) is 2. The number of rotatable bonds is 3. The Bertz CT molecular complexity index is 794. The van der Waals surface area contributed by atoms with Crippen molar-refractivity contribution in [3.8, 4) is 0 Å². The number of halogens is 1. The first kappa shape index (κ1) is 16.2. The smallest absolute Gasteiger partial charge is 0.308 e. The van der Waals surface area contributed by atoms with Gasteiger partial charge in [-0.05, 0) is 56.4 Å². The minimum absolute atomic E-state index is 0.391. The molecule has 2 N–H and O–H groups in total. The molecule has 0 saturated carbocycles. The normalized spacial score (nSPS) is 14.2. The molecular formula is C18H21FN4O. The van der Waals surface area contributed by atoms with E-state index in [1.807, 2.05) is 6.92 Å². The zero-order chi connectivity index (χ0) is 17.1. The molecule has 5 nitrogen and oxygen atoms in total. The number of aryl methyl sites for hydroxylation is 2. The highest BCUT2D eigenvalue weighted by Gasteiger charge is 2.20. The molecule has 0 bridgehead atoms. The fourth-order valence-corrected chi connectivity index (χ4v) is 3.09. The van der Waals surface area contributed by atoms with Crippen molar-refractivity contribution in [1.82, 2.24) is 9.78 Å². The van der Waals surface area contributed by atoms with Crippen molar-refractivity contribution in [2.75, 3.05) is 10.6 Å². The van der Waals surface area contributed by atoms with Gasteiger partial charge in [0.15, 0.2) is 0 Å². The molecular weight excluding hydrogens is 307 g/mol. The molecule has 0 spiro atoms. The van der Waals surface area contributed by atoms with E-state index in [0.717, 1.165) is 30.5 Å². The number of anilines is 2. The van der Waals surface area contributed by atoms with E-state index in [0.29, 0.717) is 11.5 Å². The van der Waals surface area contributed by atoms with Gasteiger partial charge in [0.05, 0.1) is 5.69 Å². The predicted octanol–water partition coefficient (Wildman–Crippen LogP) is 4.47. The zero-order valence-electron chi connectivity index (χ0n) is 13.9. The summed E-state index contributed by atoms with van der Waals surface area (Å²) in [6, 6.07) is 5.39. The maximum Gasteiger partial charge on any atom is 0.324 e. The fourth-order valence-electron chi connectivity index (χ4n) is 3.09. The van der Waals surface area contributed by atoms with Gasteiger partial charge in [-0.3, -0.25) is 10.00 Å². The van der Waals surface area contributed by atoms with Gasteiger partial charge in [0.25, 0.3) is 0 Å². The molecule has 0 unspecified atom stereocenters. The van der Waals surface area contributed by atoms with Crippen molar-refractivity contribution in [1.29, 1.82) is 0 Å². The number of carbonyl (C=O) groups excluding carboxylic acids is 1. The second kappa shape index (κ2) is 6.86. The Kier molecular flexibility index (Phi) is 4.64. The maximum atomic E-state index is 13.2. The van der Waals surface area contributed by atoms with Gasteiger partial charge in [-0.1, -0.05) is 12.1 Å². The first-order chi connectivity index (χ1) is 11.5. The van der Waals surface area contributed by atoms with E-state index in [9.17, 15) is 9.18 Å². The molecule has 1 aromatic carbocycles. The number of carbonyl (C=O) groups is 1. The van der Waals surface area contributed by atoms with Crippen LogP contribution in [0.25, 0.3) is 5.57 Å². The summed E-state index contributed by atoms with van der Waals surface area (Å²) in [6.07, 6.45) is 6.62. The fraction of sp³-hybridized carbons (Fsp3) is 0.333.